The number of benzene rings is 6. The van der Waals surface area contributed by atoms with E-state index in [2.05, 4.69) is 20.1 Å². The normalized spacial score (nSPS) is 11.5. The second-order valence-corrected chi connectivity index (χ2v) is 12.4. The van der Waals surface area contributed by atoms with Gasteiger partial charge in [0, 0.05) is 16.3 Å². The maximum absolute atomic E-state index is 13.2. The molecule has 1 atom stereocenters. The number of carboxylic acids is 2. The number of nitrogens with one attached hydrogen (secondary N) is 4. The molecule has 0 spiro atoms. The lowest BCUT2D eigenvalue weighted by molar-refractivity contribution is 0.0687. The van der Waals surface area contributed by atoms with Crippen molar-refractivity contribution in [2.24, 2.45) is 0 Å². The van der Waals surface area contributed by atoms with Gasteiger partial charge in [-0.2, -0.15) is 0 Å². The Hall–Kier alpha value is -5.85. The molecule has 234 valence electrons. The van der Waals surface area contributed by atoms with Crippen molar-refractivity contribution >= 4 is 85.2 Å². The van der Waals surface area contributed by atoms with E-state index in [0.29, 0.717) is 22.0 Å². The maximum Gasteiger partial charge on any atom is 0.337 e. The summed E-state index contributed by atoms with van der Waals surface area (Å²) in [6.45, 7) is 0. The van der Waals surface area contributed by atoms with Crippen molar-refractivity contribution in [3.05, 3.63) is 132 Å². The minimum atomic E-state index is -1.83. The highest BCUT2D eigenvalue weighted by Crippen LogP contribution is 2.30. The number of hydrogen-bond acceptors (Lipinski definition) is 6. The Morgan fingerprint density at radius 1 is 0.574 bits per heavy atom. The van der Waals surface area contributed by atoms with Crippen LogP contribution in [0.15, 0.2) is 131 Å². The lowest BCUT2D eigenvalue weighted by atomic mass is 10.1. The molecule has 0 saturated carbocycles. The van der Waals surface area contributed by atoms with Crippen LogP contribution in [0.4, 0.5) is 27.5 Å². The summed E-state index contributed by atoms with van der Waals surface area (Å²) < 4.78 is 19.1. The number of hydrogen-bond donors (Lipinski definition) is 6. The van der Waals surface area contributed by atoms with Crippen LogP contribution < -0.4 is 20.1 Å². The second kappa shape index (κ2) is 13.6. The van der Waals surface area contributed by atoms with Crippen LogP contribution in [0.2, 0.25) is 0 Å². The zero-order valence-electron chi connectivity index (χ0n) is 24.4. The molecule has 0 heterocycles. The van der Waals surface area contributed by atoms with E-state index < -0.39 is 29.0 Å². The SMILES string of the molecule is O=C(Nc1cccc(SNc2cc3ccccc3cc2C(=O)O)c1)Nc1cccc(S(=O)Nc2cc3ccccc3cc2C(=O)O)c1. The molecule has 6 aromatic rings. The van der Waals surface area contributed by atoms with Crippen molar-refractivity contribution in [3.63, 3.8) is 0 Å². The fourth-order valence-electron chi connectivity index (χ4n) is 4.90. The second-order valence-electron chi connectivity index (χ2n) is 10.3. The van der Waals surface area contributed by atoms with E-state index in [9.17, 15) is 28.8 Å². The van der Waals surface area contributed by atoms with Gasteiger partial charge in [-0.15, -0.1) is 0 Å². The lowest BCUT2D eigenvalue weighted by Crippen LogP contribution is -2.19. The molecule has 12 heteroatoms. The highest BCUT2D eigenvalue weighted by molar-refractivity contribution is 8.00. The van der Waals surface area contributed by atoms with Crippen molar-refractivity contribution in [2.45, 2.75) is 9.79 Å². The minimum absolute atomic E-state index is 0.0131. The maximum atomic E-state index is 13.2. The van der Waals surface area contributed by atoms with E-state index >= 15 is 0 Å². The number of anilines is 4. The van der Waals surface area contributed by atoms with E-state index in [4.69, 9.17) is 0 Å². The first kappa shape index (κ1) is 31.1. The molecule has 6 rings (SSSR count). The molecular formula is C35H26N4O6S2. The van der Waals surface area contributed by atoms with Gasteiger partial charge in [0.15, 0.2) is 0 Å². The van der Waals surface area contributed by atoms with Gasteiger partial charge in [0.2, 0.25) is 0 Å². The number of carbonyl (C=O) groups excluding carboxylic acids is 1. The van der Waals surface area contributed by atoms with Crippen LogP contribution in [0.5, 0.6) is 0 Å². The van der Waals surface area contributed by atoms with Crippen molar-refractivity contribution < 1.29 is 28.8 Å². The summed E-state index contributed by atoms with van der Waals surface area (Å²) in [7, 11) is -1.83. The highest BCUT2D eigenvalue weighted by Gasteiger charge is 2.16. The molecule has 0 aromatic heterocycles. The van der Waals surface area contributed by atoms with Gasteiger partial charge in [-0.25, -0.2) is 18.6 Å². The quantitative estimate of drug-likeness (QED) is 0.0800. The molecule has 10 nitrogen and oxygen atoms in total. The molecule has 0 bridgehead atoms. The number of fused-ring (bicyclic) bond motifs is 2. The van der Waals surface area contributed by atoms with Crippen LogP contribution in [0.3, 0.4) is 0 Å². The average molecular weight is 663 g/mol. The topological polar surface area (TPSA) is 157 Å². The molecule has 6 N–H and O–H groups in total. The van der Waals surface area contributed by atoms with Gasteiger partial charge in [0.25, 0.3) is 0 Å². The number of urea groups is 1. The standard InChI is InChI=1S/C35H26N4O6S2/c40-33(41)29-15-21-7-1-3-9-23(21)17-31(29)38-46-27-13-5-11-25(19-27)36-35(44)37-26-12-6-14-28(20-26)47(45)39-32-18-24-10-4-2-8-22(24)16-30(32)34(42)43/h1-20,38-39H,(H,40,41)(H,42,43)(H2,36,37,44). The van der Waals surface area contributed by atoms with Crippen molar-refractivity contribution in [1.82, 2.24) is 0 Å². The van der Waals surface area contributed by atoms with E-state index in [1.165, 1.54) is 24.1 Å². The Morgan fingerprint density at radius 3 is 1.68 bits per heavy atom. The Labute approximate surface area is 275 Å². The van der Waals surface area contributed by atoms with E-state index in [-0.39, 0.29) is 16.8 Å². The molecule has 0 aliphatic rings. The Morgan fingerprint density at radius 2 is 1.09 bits per heavy atom. The summed E-state index contributed by atoms with van der Waals surface area (Å²) in [6.07, 6.45) is 0. The van der Waals surface area contributed by atoms with Crippen LogP contribution in [0.25, 0.3) is 21.5 Å². The smallest absolute Gasteiger partial charge is 0.337 e. The number of carbonyl (C=O) groups is 3. The van der Waals surface area contributed by atoms with Gasteiger partial charge >= 0.3 is 18.0 Å². The Kier molecular flexibility index (Phi) is 9.04. The first-order valence-corrected chi connectivity index (χ1v) is 16.1. The van der Waals surface area contributed by atoms with E-state index in [1.807, 2.05) is 48.5 Å². The average Bonchev–Trinajstić information content (AvgIpc) is 3.06. The van der Waals surface area contributed by atoms with Crippen molar-refractivity contribution in [3.8, 4) is 0 Å². The summed E-state index contributed by atoms with van der Waals surface area (Å²) in [5.41, 5.74) is 1.65. The number of amides is 2. The summed E-state index contributed by atoms with van der Waals surface area (Å²) in [5.74, 6) is -2.20. The summed E-state index contributed by atoms with van der Waals surface area (Å²) in [4.78, 5) is 37.7. The molecule has 2 amide bonds. The zero-order valence-corrected chi connectivity index (χ0v) is 26.0. The lowest BCUT2D eigenvalue weighted by Gasteiger charge is -2.13. The van der Waals surface area contributed by atoms with Gasteiger partial charge < -0.3 is 30.3 Å². The Bertz CT molecular complexity index is 2210. The molecule has 0 saturated heterocycles. The van der Waals surface area contributed by atoms with E-state index in [0.717, 1.165) is 26.4 Å². The predicted molar refractivity (Wildman–Crippen MR) is 187 cm³/mol. The van der Waals surface area contributed by atoms with Gasteiger partial charge in [-0.3, -0.25) is 0 Å². The first-order chi connectivity index (χ1) is 22.7. The van der Waals surface area contributed by atoms with Crippen molar-refractivity contribution in [1.29, 1.82) is 0 Å². The fraction of sp³-hybridized carbons (Fsp3) is 0. The van der Waals surface area contributed by atoms with Crippen LogP contribution in [0.1, 0.15) is 20.7 Å². The number of carboxylic acid groups (broad SMARTS) is 2. The third kappa shape index (κ3) is 7.35. The third-order valence-electron chi connectivity index (χ3n) is 7.11. The highest BCUT2D eigenvalue weighted by atomic mass is 32.2. The molecule has 47 heavy (non-hydrogen) atoms. The van der Waals surface area contributed by atoms with Gasteiger partial charge in [-0.05, 0) is 94.2 Å². The summed E-state index contributed by atoms with van der Waals surface area (Å²) in [6, 6.07) is 34.2. The summed E-state index contributed by atoms with van der Waals surface area (Å²) in [5, 5.41) is 28.2. The summed E-state index contributed by atoms with van der Waals surface area (Å²) >= 11 is 1.21. The third-order valence-corrected chi connectivity index (χ3v) is 9.01. The zero-order chi connectivity index (χ0) is 32.9. The van der Waals surface area contributed by atoms with Gasteiger partial charge in [0.05, 0.1) is 27.4 Å². The molecule has 0 fully saturated rings. The molecule has 1 unspecified atom stereocenters. The molecule has 0 aliphatic heterocycles. The first-order valence-electron chi connectivity index (χ1n) is 14.1. The predicted octanol–water partition coefficient (Wildman–Crippen LogP) is 8.29. The molecule has 6 aromatic carbocycles. The van der Waals surface area contributed by atoms with Crippen LogP contribution in [-0.2, 0) is 11.0 Å². The molecule has 0 radical (unpaired) electrons. The monoisotopic (exact) mass is 662 g/mol. The number of rotatable bonds is 10. The largest absolute Gasteiger partial charge is 0.478 e. The van der Waals surface area contributed by atoms with Crippen LogP contribution >= 0.6 is 11.9 Å². The van der Waals surface area contributed by atoms with Crippen LogP contribution in [0, 0.1) is 0 Å². The Balaban J connectivity index is 1.11. The number of aromatic carboxylic acids is 2. The fourth-order valence-corrected chi connectivity index (χ4v) is 6.55. The van der Waals surface area contributed by atoms with Crippen LogP contribution in [-0.4, -0.2) is 32.4 Å². The van der Waals surface area contributed by atoms with Gasteiger partial charge in [0.1, 0.15) is 11.0 Å². The van der Waals surface area contributed by atoms with E-state index in [1.54, 1.807) is 60.7 Å². The van der Waals surface area contributed by atoms with Crippen molar-refractivity contribution in [2.75, 3.05) is 20.1 Å². The minimum Gasteiger partial charge on any atom is -0.478 e. The molecule has 0 aliphatic carbocycles. The molecular weight excluding hydrogens is 637 g/mol. The van der Waals surface area contributed by atoms with Gasteiger partial charge in [-0.1, -0.05) is 60.7 Å².